The second kappa shape index (κ2) is 7.11. The van der Waals surface area contributed by atoms with Gasteiger partial charge in [-0.3, -0.25) is 0 Å². The smallest absolute Gasteiger partial charge is 0.123 e. The Kier molecular flexibility index (Phi) is 5.46. The van der Waals surface area contributed by atoms with Crippen LogP contribution in [-0.2, 0) is 12.2 Å². The second-order valence-corrected chi connectivity index (χ2v) is 6.30. The molecule has 2 N–H and O–H groups in total. The molecule has 0 aromatic heterocycles. The lowest BCUT2D eigenvalue weighted by Gasteiger charge is -2.11. The number of halogens is 2. The van der Waals surface area contributed by atoms with Gasteiger partial charge in [-0.2, -0.15) is 0 Å². The number of rotatable bonds is 5. The highest BCUT2D eigenvalue weighted by atomic mass is 35.5. The molecule has 106 valence electrons. The van der Waals surface area contributed by atoms with Crippen LogP contribution < -0.4 is 5.73 Å². The van der Waals surface area contributed by atoms with Crippen molar-refractivity contribution in [2.75, 3.05) is 0 Å². The molecule has 0 aliphatic carbocycles. The van der Waals surface area contributed by atoms with E-state index in [2.05, 4.69) is 0 Å². The van der Waals surface area contributed by atoms with Crippen molar-refractivity contribution in [3.8, 4) is 0 Å². The van der Waals surface area contributed by atoms with Crippen molar-refractivity contribution in [2.45, 2.75) is 30.0 Å². The van der Waals surface area contributed by atoms with Gasteiger partial charge < -0.3 is 5.73 Å². The number of thioether (sulfide) groups is 1. The third-order valence-corrected chi connectivity index (χ3v) is 4.31. The van der Waals surface area contributed by atoms with Crippen LogP contribution in [0.3, 0.4) is 0 Å². The Morgan fingerprint density at radius 2 is 1.90 bits per heavy atom. The Labute approximate surface area is 128 Å². The average Bonchev–Trinajstić information content (AvgIpc) is 2.39. The molecule has 2 aromatic carbocycles. The molecule has 2 rings (SSSR count). The Morgan fingerprint density at radius 3 is 2.55 bits per heavy atom. The van der Waals surface area contributed by atoms with Crippen LogP contribution in [0, 0.1) is 5.82 Å². The van der Waals surface area contributed by atoms with Crippen LogP contribution >= 0.6 is 23.4 Å². The zero-order valence-electron chi connectivity index (χ0n) is 11.3. The van der Waals surface area contributed by atoms with Gasteiger partial charge in [0.1, 0.15) is 5.82 Å². The third kappa shape index (κ3) is 4.51. The van der Waals surface area contributed by atoms with E-state index < -0.39 is 0 Å². The van der Waals surface area contributed by atoms with E-state index >= 15 is 0 Å². The number of nitrogens with two attached hydrogens (primary N) is 1. The van der Waals surface area contributed by atoms with E-state index in [1.165, 1.54) is 11.6 Å². The minimum atomic E-state index is -0.212. The molecule has 2 aromatic rings. The van der Waals surface area contributed by atoms with E-state index in [9.17, 15) is 4.39 Å². The second-order valence-electron chi connectivity index (χ2n) is 4.85. The Hall–Kier alpha value is -1.03. The fourth-order valence-corrected chi connectivity index (χ4v) is 3.07. The highest BCUT2D eigenvalue weighted by molar-refractivity contribution is 7.98. The van der Waals surface area contributed by atoms with Crippen LogP contribution in [0.5, 0.6) is 0 Å². The van der Waals surface area contributed by atoms with Gasteiger partial charge in [0.05, 0.1) is 0 Å². The van der Waals surface area contributed by atoms with Gasteiger partial charge in [0.2, 0.25) is 0 Å². The summed E-state index contributed by atoms with van der Waals surface area (Å²) < 4.78 is 13.3. The van der Waals surface area contributed by atoms with Crippen molar-refractivity contribution >= 4 is 23.4 Å². The lowest BCUT2D eigenvalue weighted by molar-refractivity contribution is 0.620. The molecule has 1 unspecified atom stereocenters. The summed E-state index contributed by atoms with van der Waals surface area (Å²) >= 11 is 7.56. The summed E-state index contributed by atoms with van der Waals surface area (Å²) in [5, 5.41) is 0.734. The largest absolute Gasteiger partial charge is 0.328 e. The van der Waals surface area contributed by atoms with Gasteiger partial charge in [-0.1, -0.05) is 23.7 Å². The van der Waals surface area contributed by atoms with Crippen molar-refractivity contribution in [1.82, 2.24) is 0 Å². The molecular formula is C16H17ClFNS. The molecule has 0 aliphatic rings. The first-order chi connectivity index (χ1) is 9.54. The van der Waals surface area contributed by atoms with E-state index in [0.717, 1.165) is 21.2 Å². The van der Waals surface area contributed by atoms with E-state index in [1.54, 1.807) is 17.8 Å². The molecule has 0 aliphatic heterocycles. The summed E-state index contributed by atoms with van der Waals surface area (Å²) in [6.07, 6.45) is 0.681. The topological polar surface area (TPSA) is 26.0 Å². The molecular weight excluding hydrogens is 293 g/mol. The molecule has 0 saturated carbocycles. The zero-order valence-corrected chi connectivity index (χ0v) is 12.8. The summed E-state index contributed by atoms with van der Waals surface area (Å²) in [5.41, 5.74) is 7.98. The first kappa shape index (κ1) is 15.4. The first-order valence-corrected chi connectivity index (χ1v) is 7.82. The maximum Gasteiger partial charge on any atom is 0.123 e. The summed E-state index contributed by atoms with van der Waals surface area (Å²) in [7, 11) is 0. The minimum absolute atomic E-state index is 0.0201. The molecule has 0 spiro atoms. The molecule has 1 atom stereocenters. The fourth-order valence-electron chi connectivity index (χ4n) is 1.94. The molecule has 20 heavy (non-hydrogen) atoms. The number of benzene rings is 2. The average molecular weight is 310 g/mol. The first-order valence-electron chi connectivity index (χ1n) is 6.46. The van der Waals surface area contributed by atoms with Gasteiger partial charge in [0.25, 0.3) is 0 Å². The Morgan fingerprint density at radius 1 is 1.20 bits per heavy atom. The Bertz CT molecular complexity index is 569. The third-order valence-electron chi connectivity index (χ3n) is 2.87. The van der Waals surface area contributed by atoms with Crippen molar-refractivity contribution < 1.29 is 4.39 Å². The highest BCUT2D eigenvalue weighted by Gasteiger charge is 2.07. The molecule has 0 bridgehead atoms. The summed E-state index contributed by atoms with van der Waals surface area (Å²) in [4.78, 5) is 1.08. The van der Waals surface area contributed by atoms with E-state index in [0.29, 0.717) is 6.42 Å². The summed E-state index contributed by atoms with van der Waals surface area (Å²) in [6.45, 7) is 1.93. The van der Waals surface area contributed by atoms with Crippen LogP contribution in [0.25, 0.3) is 0 Å². The lowest BCUT2D eigenvalue weighted by Crippen LogP contribution is -2.18. The number of hydrogen-bond acceptors (Lipinski definition) is 2. The molecule has 1 nitrogen and oxygen atoms in total. The van der Waals surface area contributed by atoms with E-state index in [1.807, 2.05) is 37.3 Å². The molecule has 0 amide bonds. The fraction of sp³-hybridized carbons (Fsp3) is 0.250. The van der Waals surface area contributed by atoms with Crippen LogP contribution in [0.2, 0.25) is 5.02 Å². The lowest BCUT2D eigenvalue weighted by atomic mass is 10.1. The van der Waals surface area contributed by atoms with Gasteiger partial charge >= 0.3 is 0 Å². The van der Waals surface area contributed by atoms with Crippen LogP contribution in [0.4, 0.5) is 4.39 Å². The van der Waals surface area contributed by atoms with Gasteiger partial charge in [0, 0.05) is 21.7 Å². The predicted octanol–water partition coefficient (Wildman–Crippen LogP) is 4.66. The van der Waals surface area contributed by atoms with E-state index in [-0.39, 0.29) is 11.9 Å². The van der Waals surface area contributed by atoms with Crippen molar-refractivity contribution in [1.29, 1.82) is 0 Å². The monoisotopic (exact) mass is 309 g/mol. The molecule has 0 radical (unpaired) electrons. The van der Waals surface area contributed by atoms with Crippen LogP contribution in [0.15, 0.2) is 47.4 Å². The maximum atomic E-state index is 13.3. The summed E-state index contributed by atoms with van der Waals surface area (Å²) in [6, 6.07) is 12.7. The standard InChI is InChI=1S/C16H17ClFNS/c1-11(19)8-13-9-15(18)6-7-16(13)20-10-12-2-4-14(17)5-3-12/h2-7,9,11H,8,10,19H2,1H3. The predicted molar refractivity (Wildman–Crippen MR) is 84.8 cm³/mol. The molecule has 0 heterocycles. The quantitative estimate of drug-likeness (QED) is 0.813. The van der Waals surface area contributed by atoms with Crippen molar-refractivity contribution in [3.63, 3.8) is 0 Å². The number of hydrogen-bond donors (Lipinski definition) is 1. The van der Waals surface area contributed by atoms with Crippen LogP contribution in [-0.4, -0.2) is 6.04 Å². The van der Waals surface area contributed by atoms with Crippen LogP contribution in [0.1, 0.15) is 18.1 Å². The highest BCUT2D eigenvalue weighted by Crippen LogP contribution is 2.28. The normalized spacial score (nSPS) is 12.4. The summed E-state index contributed by atoms with van der Waals surface area (Å²) in [5.74, 6) is 0.617. The maximum absolute atomic E-state index is 13.3. The van der Waals surface area contributed by atoms with Gasteiger partial charge in [0.15, 0.2) is 0 Å². The van der Waals surface area contributed by atoms with Gasteiger partial charge in [-0.25, -0.2) is 4.39 Å². The molecule has 0 fully saturated rings. The molecule has 4 heteroatoms. The van der Waals surface area contributed by atoms with Crippen molar-refractivity contribution in [2.24, 2.45) is 5.73 Å². The van der Waals surface area contributed by atoms with E-state index in [4.69, 9.17) is 17.3 Å². The molecule has 0 saturated heterocycles. The van der Waals surface area contributed by atoms with Gasteiger partial charge in [-0.05, 0) is 54.8 Å². The SMILES string of the molecule is CC(N)Cc1cc(F)ccc1SCc1ccc(Cl)cc1. The van der Waals surface area contributed by atoms with Gasteiger partial charge in [-0.15, -0.1) is 11.8 Å². The Balaban J connectivity index is 2.10. The minimum Gasteiger partial charge on any atom is -0.328 e. The zero-order chi connectivity index (χ0) is 14.5. The van der Waals surface area contributed by atoms with Crippen molar-refractivity contribution in [3.05, 3.63) is 64.4 Å².